The number of hydrogen-bond donors (Lipinski definition) is 1. The van der Waals surface area contributed by atoms with Crippen molar-refractivity contribution in [1.29, 1.82) is 0 Å². The lowest BCUT2D eigenvalue weighted by Gasteiger charge is -2.20. The third-order valence-electron chi connectivity index (χ3n) is 3.11. The van der Waals surface area contributed by atoms with Gasteiger partial charge in [0.05, 0.1) is 5.69 Å². The summed E-state index contributed by atoms with van der Waals surface area (Å²) in [6.45, 7) is 7.34. The number of anilines is 1. The number of nitrogens with one attached hydrogen (secondary N) is 1. The zero-order valence-corrected chi connectivity index (χ0v) is 10.3. The summed E-state index contributed by atoms with van der Waals surface area (Å²) in [5, 5.41) is 3.21. The van der Waals surface area contributed by atoms with Crippen molar-refractivity contribution in [2.24, 2.45) is 5.92 Å². The first-order valence-electron chi connectivity index (χ1n) is 6.01. The van der Waals surface area contributed by atoms with E-state index in [0.29, 0.717) is 5.69 Å². The van der Waals surface area contributed by atoms with Gasteiger partial charge in [-0.25, -0.2) is 4.39 Å². The standard InChI is InChI=1S/C14H20FN/c1-14(2,3)11-6-7-12(15)13(8-11)16-9-10-4-5-10/h6-8,10,16H,4-5,9H2,1-3H3. The fraction of sp³-hybridized carbons (Fsp3) is 0.571. The van der Waals surface area contributed by atoms with Crippen molar-refractivity contribution in [3.63, 3.8) is 0 Å². The van der Waals surface area contributed by atoms with Crippen LogP contribution in [0.3, 0.4) is 0 Å². The molecule has 88 valence electrons. The van der Waals surface area contributed by atoms with E-state index in [1.807, 2.05) is 12.1 Å². The lowest BCUT2D eigenvalue weighted by atomic mass is 9.87. The molecule has 1 saturated carbocycles. The van der Waals surface area contributed by atoms with E-state index >= 15 is 0 Å². The molecule has 1 nitrogen and oxygen atoms in total. The van der Waals surface area contributed by atoms with Crippen LogP contribution in [-0.2, 0) is 5.41 Å². The van der Waals surface area contributed by atoms with Gasteiger partial charge in [-0.3, -0.25) is 0 Å². The zero-order chi connectivity index (χ0) is 11.8. The second-order valence-corrected chi connectivity index (χ2v) is 5.77. The van der Waals surface area contributed by atoms with E-state index in [1.165, 1.54) is 18.4 Å². The van der Waals surface area contributed by atoms with Crippen LogP contribution in [0.2, 0.25) is 0 Å². The highest BCUT2D eigenvalue weighted by molar-refractivity contribution is 5.49. The lowest BCUT2D eigenvalue weighted by Crippen LogP contribution is -2.13. The summed E-state index contributed by atoms with van der Waals surface area (Å²) in [5.41, 5.74) is 1.90. The van der Waals surface area contributed by atoms with Crippen LogP contribution in [0.25, 0.3) is 0 Å². The Bertz CT molecular complexity index is 375. The van der Waals surface area contributed by atoms with E-state index < -0.39 is 0 Å². The number of halogens is 1. The zero-order valence-electron chi connectivity index (χ0n) is 10.3. The first-order valence-corrected chi connectivity index (χ1v) is 6.01. The molecule has 1 aliphatic rings. The van der Waals surface area contributed by atoms with Gasteiger partial charge in [-0.05, 0) is 41.9 Å². The minimum absolute atomic E-state index is 0.0731. The van der Waals surface area contributed by atoms with Crippen LogP contribution in [-0.4, -0.2) is 6.54 Å². The second-order valence-electron chi connectivity index (χ2n) is 5.77. The van der Waals surface area contributed by atoms with Crippen LogP contribution >= 0.6 is 0 Å². The molecule has 1 aliphatic carbocycles. The Balaban J connectivity index is 2.14. The highest BCUT2D eigenvalue weighted by atomic mass is 19.1. The van der Waals surface area contributed by atoms with E-state index in [1.54, 1.807) is 6.07 Å². The molecule has 16 heavy (non-hydrogen) atoms. The van der Waals surface area contributed by atoms with Gasteiger partial charge in [0.1, 0.15) is 5.82 Å². The second kappa shape index (κ2) is 4.08. The first kappa shape index (κ1) is 11.4. The topological polar surface area (TPSA) is 12.0 Å². The SMILES string of the molecule is CC(C)(C)c1ccc(F)c(NCC2CC2)c1. The number of hydrogen-bond acceptors (Lipinski definition) is 1. The number of rotatable bonds is 3. The van der Waals surface area contributed by atoms with Crippen LogP contribution in [0.4, 0.5) is 10.1 Å². The molecular weight excluding hydrogens is 201 g/mol. The Morgan fingerprint density at radius 2 is 2.00 bits per heavy atom. The van der Waals surface area contributed by atoms with Crippen LogP contribution in [0, 0.1) is 11.7 Å². The van der Waals surface area contributed by atoms with Crippen LogP contribution in [0.15, 0.2) is 18.2 Å². The summed E-state index contributed by atoms with van der Waals surface area (Å²) >= 11 is 0. The quantitative estimate of drug-likeness (QED) is 0.815. The average molecular weight is 221 g/mol. The monoisotopic (exact) mass is 221 g/mol. The minimum atomic E-state index is -0.145. The maximum atomic E-state index is 13.6. The Hall–Kier alpha value is -1.05. The molecule has 2 rings (SSSR count). The molecule has 1 aromatic rings. The van der Waals surface area contributed by atoms with Gasteiger partial charge in [0.15, 0.2) is 0 Å². The fourth-order valence-corrected chi connectivity index (χ4v) is 1.70. The van der Waals surface area contributed by atoms with E-state index in [-0.39, 0.29) is 11.2 Å². The highest BCUT2D eigenvalue weighted by Crippen LogP contribution is 2.30. The molecule has 0 spiro atoms. The van der Waals surface area contributed by atoms with Gasteiger partial charge in [-0.1, -0.05) is 26.8 Å². The first-order chi connectivity index (χ1) is 7.47. The molecule has 1 fully saturated rings. The molecule has 0 bridgehead atoms. The number of benzene rings is 1. The normalized spacial score (nSPS) is 16.2. The van der Waals surface area contributed by atoms with Gasteiger partial charge >= 0.3 is 0 Å². The summed E-state index contributed by atoms with van der Waals surface area (Å²) in [7, 11) is 0. The summed E-state index contributed by atoms with van der Waals surface area (Å²) in [5.74, 6) is 0.617. The third-order valence-corrected chi connectivity index (χ3v) is 3.11. The Labute approximate surface area is 97.1 Å². The summed E-state index contributed by atoms with van der Waals surface area (Å²) in [6, 6.07) is 5.38. The van der Waals surface area contributed by atoms with Crippen LogP contribution < -0.4 is 5.32 Å². The predicted octanol–water partition coefficient (Wildman–Crippen LogP) is 3.95. The molecular formula is C14H20FN. The van der Waals surface area contributed by atoms with Crippen molar-refractivity contribution < 1.29 is 4.39 Å². The predicted molar refractivity (Wildman–Crippen MR) is 66.3 cm³/mol. The molecule has 1 N–H and O–H groups in total. The van der Waals surface area contributed by atoms with Crippen molar-refractivity contribution in [3.8, 4) is 0 Å². The molecule has 0 unspecified atom stereocenters. The molecule has 0 saturated heterocycles. The Kier molecular flexibility index (Phi) is 2.92. The summed E-state index contributed by atoms with van der Waals surface area (Å²) in [4.78, 5) is 0. The Morgan fingerprint density at radius 3 is 2.56 bits per heavy atom. The van der Waals surface area contributed by atoms with Crippen molar-refractivity contribution in [2.45, 2.75) is 39.0 Å². The minimum Gasteiger partial charge on any atom is -0.382 e. The van der Waals surface area contributed by atoms with Gasteiger partial charge in [0.2, 0.25) is 0 Å². The molecule has 0 aromatic heterocycles. The average Bonchev–Trinajstić information content (AvgIpc) is 2.98. The van der Waals surface area contributed by atoms with Gasteiger partial charge in [0, 0.05) is 6.54 Å². The van der Waals surface area contributed by atoms with Gasteiger partial charge in [0.25, 0.3) is 0 Å². The molecule has 1 aromatic carbocycles. The fourth-order valence-electron chi connectivity index (χ4n) is 1.70. The van der Waals surface area contributed by atoms with Gasteiger partial charge in [-0.2, -0.15) is 0 Å². The van der Waals surface area contributed by atoms with Crippen LogP contribution in [0.5, 0.6) is 0 Å². The molecule has 0 heterocycles. The molecule has 0 aliphatic heterocycles. The largest absolute Gasteiger partial charge is 0.382 e. The molecule has 0 atom stereocenters. The van der Waals surface area contributed by atoms with Crippen molar-refractivity contribution in [2.75, 3.05) is 11.9 Å². The maximum Gasteiger partial charge on any atom is 0.146 e. The van der Waals surface area contributed by atoms with E-state index in [0.717, 1.165) is 12.5 Å². The molecule has 0 radical (unpaired) electrons. The van der Waals surface area contributed by atoms with E-state index in [4.69, 9.17) is 0 Å². The molecule has 0 amide bonds. The van der Waals surface area contributed by atoms with Crippen LogP contribution in [0.1, 0.15) is 39.2 Å². The highest BCUT2D eigenvalue weighted by Gasteiger charge is 2.21. The Morgan fingerprint density at radius 1 is 1.31 bits per heavy atom. The van der Waals surface area contributed by atoms with E-state index in [9.17, 15) is 4.39 Å². The molecule has 2 heteroatoms. The van der Waals surface area contributed by atoms with E-state index in [2.05, 4.69) is 26.1 Å². The lowest BCUT2D eigenvalue weighted by molar-refractivity contribution is 0.583. The van der Waals surface area contributed by atoms with Gasteiger partial charge in [-0.15, -0.1) is 0 Å². The van der Waals surface area contributed by atoms with Gasteiger partial charge < -0.3 is 5.32 Å². The summed E-state index contributed by atoms with van der Waals surface area (Å²) < 4.78 is 13.6. The third kappa shape index (κ3) is 2.75. The van der Waals surface area contributed by atoms with Crippen molar-refractivity contribution in [1.82, 2.24) is 0 Å². The smallest absolute Gasteiger partial charge is 0.146 e. The van der Waals surface area contributed by atoms with Crippen molar-refractivity contribution >= 4 is 5.69 Å². The van der Waals surface area contributed by atoms with Crippen molar-refractivity contribution in [3.05, 3.63) is 29.6 Å². The summed E-state index contributed by atoms with van der Waals surface area (Å²) in [6.07, 6.45) is 2.57. The maximum absolute atomic E-state index is 13.6.